The maximum atomic E-state index is 10.7. The molecule has 2 bridgehead atoms. The molecule has 0 amide bonds. The fourth-order valence-corrected chi connectivity index (χ4v) is 4.52. The first-order chi connectivity index (χ1) is 10.2. The summed E-state index contributed by atoms with van der Waals surface area (Å²) in [5, 5.41) is 0. The lowest BCUT2D eigenvalue weighted by Crippen LogP contribution is -2.37. The molecule has 0 saturated heterocycles. The normalized spacial score (nSPS) is 36.4. The van der Waals surface area contributed by atoms with Crippen molar-refractivity contribution in [2.75, 3.05) is 13.1 Å². The summed E-state index contributed by atoms with van der Waals surface area (Å²) in [6, 6.07) is -0.0170. The summed E-state index contributed by atoms with van der Waals surface area (Å²) in [6.45, 7) is 3.11. The van der Waals surface area contributed by atoms with Crippen LogP contribution in [0.4, 0.5) is 0 Å². The summed E-state index contributed by atoms with van der Waals surface area (Å²) >= 11 is 0. The fraction of sp³-hybridized carbons (Fsp3) is 0.800. The maximum Gasteiger partial charge on any atom is 0.235 e. The summed E-state index contributed by atoms with van der Waals surface area (Å²) in [6.07, 6.45) is 8.44. The molecule has 6 heteroatoms. The zero-order valence-corrected chi connectivity index (χ0v) is 12.1. The Morgan fingerprint density at radius 1 is 1.10 bits per heavy atom. The number of isocyanates is 3. The maximum absolute atomic E-state index is 10.7. The third kappa shape index (κ3) is 3.08. The van der Waals surface area contributed by atoms with Crippen molar-refractivity contribution < 1.29 is 14.4 Å². The molecule has 0 aromatic heterocycles. The zero-order valence-electron chi connectivity index (χ0n) is 12.1. The van der Waals surface area contributed by atoms with Gasteiger partial charge in [-0.1, -0.05) is 6.92 Å². The molecule has 6 nitrogen and oxygen atoms in total. The van der Waals surface area contributed by atoms with Gasteiger partial charge in [0.1, 0.15) is 0 Å². The van der Waals surface area contributed by atoms with E-state index in [-0.39, 0.29) is 17.4 Å². The Kier molecular flexibility index (Phi) is 4.98. The molecule has 2 aliphatic carbocycles. The Hall–Kier alpha value is -1.86. The van der Waals surface area contributed by atoms with Crippen LogP contribution in [-0.4, -0.2) is 37.4 Å². The van der Waals surface area contributed by atoms with Crippen LogP contribution in [0, 0.1) is 23.2 Å². The molecular formula is C15H19N3O3. The van der Waals surface area contributed by atoms with Gasteiger partial charge in [-0.15, -0.1) is 0 Å². The van der Waals surface area contributed by atoms with Crippen LogP contribution in [0.25, 0.3) is 0 Å². The lowest BCUT2D eigenvalue weighted by molar-refractivity contribution is 0.158. The molecule has 0 aliphatic heterocycles. The lowest BCUT2D eigenvalue weighted by atomic mass is 9.71. The van der Waals surface area contributed by atoms with E-state index in [1.165, 1.54) is 6.08 Å². The third-order valence-corrected chi connectivity index (χ3v) is 5.16. The van der Waals surface area contributed by atoms with E-state index in [1.54, 1.807) is 12.2 Å². The van der Waals surface area contributed by atoms with Gasteiger partial charge < -0.3 is 0 Å². The number of aliphatic imine (C=N–C) groups is 3. The molecule has 5 atom stereocenters. The van der Waals surface area contributed by atoms with E-state index in [1.807, 2.05) is 0 Å². The van der Waals surface area contributed by atoms with Crippen molar-refractivity contribution in [1.29, 1.82) is 0 Å². The number of carbonyl (C=O) groups excluding carboxylic acids is 3. The van der Waals surface area contributed by atoms with E-state index in [0.29, 0.717) is 24.9 Å². The van der Waals surface area contributed by atoms with Crippen LogP contribution in [0.15, 0.2) is 15.0 Å². The molecule has 0 aromatic carbocycles. The van der Waals surface area contributed by atoms with Crippen molar-refractivity contribution >= 4 is 18.2 Å². The summed E-state index contributed by atoms with van der Waals surface area (Å²) in [7, 11) is 0. The first-order valence-electron chi connectivity index (χ1n) is 7.30. The van der Waals surface area contributed by atoms with Crippen molar-refractivity contribution in [2.24, 2.45) is 38.1 Å². The number of hydrogen-bond acceptors (Lipinski definition) is 6. The number of hydrogen-bond donors (Lipinski definition) is 0. The molecule has 2 aliphatic rings. The highest BCUT2D eigenvalue weighted by molar-refractivity contribution is 5.35. The lowest BCUT2D eigenvalue weighted by Gasteiger charge is -2.37. The van der Waals surface area contributed by atoms with Crippen LogP contribution < -0.4 is 0 Å². The average molecular weight is 289 g/mol. The molecule has 0 N–H and O–H groups in total. The van der Waals surface area contributed by atoms with Crippen LogP contribution in [0.5, 0.6) is 0 Å². The average Bonchev–Trinajstić information content (AvgIpc) is 2.93. The Labute approximate surface area is 123 Å². The highest BCUT2D eigenvalue weighted by atomic mass is 16.1. The van der Waals surface area contributed by atoms with E-state index < -0.39 is 0 Å². The SMILES string of the molecule is CC12CC(CN=C=O)C(C1)C(CCCN=C=O)C2N=C=O. The van der Waals surface area contributed by atoms with E-state index in [9.17, 15) is 14.4 Å². The molecule has 21 heavy (non-hydrogen) atoms. The van der Waals surface area contributed by atoms with Gasteiger partial charge >= 0.3 is 0 Å². The van der Waals surface area contributed by atoms with Crippen LogP contribution in [0.1, 0.15) is 32.6 Å². The van der Waals surface area contributed by atoms with Gasteiger partial charge in [0.15, 0.2) is 0 Å². The van der Waals surface area contributed by atoms with Crippen molar-refractivity contribution in [3.05, 3.63) is 0 Å². The topological polar surface area (TPSA) is 88.3 Å². The standard InChI is InChI=1S/C15H19N3O3/c1-15-5-11(7-17-9-20)13(6-15)12(14(15)18-10-21)3-2-4-16-8-19/h11-14H,2-7H2,1H3. The predicted octanol–water partition coefficient (Wildman–Crippen LogP) is 1.80. The molecule has 2 rings (SSSR count). The smallest absolute Gasteiger partial charge is 0.211 e. The Balaban J connectivity index is 2.11. The van der Waals surface area contributed by atoms with Gasteiger partial charge in [0.25, 0.3) is 0 Å². The van der Waals surface area contributed by atoms with Crippen molar-refractivity contribution in [2.45, 2.75) is 38.6 Å². The summed E-state index contributed by atoms with van der Waals surface area (Å²) in [5.41, 5.74) is -0.0102. The zero-order chi connectivity index (χ0) is 15.3. The minimum atomic E-state index is -0.0170. The Morgan fingerprint density at radius 3 is 2.52 bits per heavy atom. The van der Waals surface area contributed by atoms with E-state index in [4.69, 9.17) is 0 Å². The largest absolute Gasteiger partial charge is 0.235 e. The van der Waals surface area contributed by atoms with E-state index in [2.05, 4.69) is 21.9 Å². The van der Waals surface area contributed by atoms with Crippen LogP contribution in [-0.2, 0) is 14.4 Å². The number of fused-ring (bicyclic) bond motifs is 2. The van der Waals surface area contributed by atoms with E-state index in [0.717, 1.165) is 25.7 Å². The third-order valence-electron chi connectivity index (χ3n) is 5.16. The molecule has 2 saturated carbocycles. The fourth-order valence-electron chi connectivity index (χ4n) is 4.52. The highest BCUT2D eigenvalue weighted by Gasteiger charge is 2.59. The summed E-state index contributed by atoms with van der Waals surface area (Å²) in [4.78, 5) is 42.5. The second-order valence-corrected chi connectivity index (χ2v) is 6.36. The second kappa shape index (κ2) is 6.73. The molecule has 5 unspecified atom stereocenters. The quantitative estimate of drug-likeness (QED) is 0.406. The molecule has 0 aromatic rings. The van der Waals surface area contributed by atoms with Gasteiger partial charge in [-0.2, -0.15) is 0 Å². The minimum absolute atomic E-state index is 0.0102. The molecule has 0 spiro atoms. The number of nitrogens with zero attached hydrogens (tertiary/aromatic N) is 3. The molecule has 0 heterocycles. The first-order valence-corrected chi connectivity index (χ1v) is 7.30. The van der Waals surface area contributed by atoms with E-state index >= 15 is 0 Å². The van der Waals surface area contributed by atoms with Gasteiger partial charge in [-0.05, 0) is 48.9 Å². The molecule has 2 fully saturated rings. The summed E-state index contributed by atoms with van der Waals surface area (Å²) in [5.74, 6) is 1.04. The highest BCUT2D eigenvalue weighted by Crippen LogP contribution is 2.61. The van der Waals surface area contributed by atoms with Crippen LogP contribution in [0.3, 0.4) is 0 Å². The second-order valence-electron chi connectivity index (χ2n) is 6.36. The summed E-state index contributed by atoms with van der Waals surface area (Å²) < 4.78 is 0. The van der Waals surface area contributed by atoms with Gasteiger partial charge in [0, 0.05) is 0 Å². The monoisotopic (exact) mass is 289 g/mol. The molecular weight excluding hydrogens is 270 g/mol. The van der Waals surface area contributed by atoms with Crippen LogP contribution >= 0.6 is 0 Å². The van der Waals surface area contributed by atoms with Gasteiger partial charge in [-0.3, -0.25) is 0 Å². The van der Waals surface area contributed by atoms with Crippen molar-refractivity contribution in [1.82, 2.24) is 0 Å². The Morgan fingerprint density at radius 2 is 1.86 bits per heavy atom. The van der Waals surface area contributed by atoms with Crippen molar-refractivity contribution in [3.8, 4) is 0 Å². The number of rotatable bonds is 7. The predicted molar refractivity (Wildman–Crippen MR) is 74.9 cm³/mol. The first kappa shape index (κ1) is 15.5. The Bertz CT molecular complexity index is 530. The van der Waals surface area contributed by atoms with Gasteiger partial charge in [-0.25, -0.2) is 29.4 Å². The van der Waals surface area contributed by atoms with Gasteiger partial charge in [0.2, 0.25) is 18.2 Å². The van der Waals surface area contributed by atoms with Crippen molar-refractivity contribution in [3.63, 3.8) is 0 Å². The molecule has 0 radical (unpaired) electrons. The van der Waals surface area contributed by atoms with Crippen LogP contribution in [0.2, 0.25) is 0 Å². The van der Waals surface area contributed by atoms with Gasteiger partial charge in [0.05, 0.1) is 19.1 Å². The molecule has 112 valence electrons. The minimum Gasteiger partial charge on any atom is -0.211 e.